The average Bonchev–Trinajstić information content (AvgIpc) is 2.66. The second-order valence-corrected chi connectivity index (χ2v) is 3.54. The molecule has 0 amide bonds. The highest BCUT2D eigenvalue weighted by atomic mass is 32.1. The number of aromatic nitrogens is 2. The van der Waals surface area contributed by atoms with E-state index >= 15 is 0 Å². The van der Waals surface area contributed by atoms with Gasteiger partial charge < -0.3 is 14.7 Å². The fourth-order valence-corrected chi connectivity index (χ4v) is 1.37. The lowest BCUT2D eigenvalue weighted by Gasteiger charge is -2.04. The van der Waals surface area contributed by atoms with Crippen LogP contribution in [0.5, 0.6) is 5.75 Å². The van der Waals surface area contributed by atoms with Gasteiger partial charge >= 0.3 is 0 Å². The smallest absolute Gasteiger partial charge is 0.174 e. The summed E-state index contributed by atoms with van der Waals surface area (Å²) in [5.41, 5.74) is 0.731. The predicted molar refractivity (Wildman–Crippen MR) is 56.7 cm³/mol. The van der Waals surface area contributed by atoms with Crippen LogP contribution in [0.4, 0.5) is 8.78 Å². The topological polar surface area (TPSA) is 40.8 Å². The van der Waals surface area contributed by atoms with Gasteiger partial charge in [-0.25, -0.2) is 8.78 Å². The predicted octanol–water partition coefficient (Wildman–Crippen LogP) is 2.93. The molecule has 84 valence electrons. The quantitative estimate of drug-likeness (QED) is 0.812. The van der Waals surface area contributed by atoms with E-state index in [-0.39, 0.29) is 12.4 Å². The lowest BCUT2D eigenvalue weighted by molar-refractivity contribution is 0.299. The maximum absolute atomic E-state index is 12.8. The van der Waals surface area contributed by atoms with Gasteiger partial charge in [0.2, 0.25) is 0 Å². The van der Waals surface area contributed by atoms with Gasteiger partial charge in [0.15, 0.2) is 16.4 Å². The summed E-state index contributed by atoms with van der Waals surface area (Å²) in [6.07, 6.45) is 1.65. The molecule has 1 aromatic heterocycles. The van der Waals surface area contributed by atoms with Gasteiger partial charge in [-0.2, -0.15) is 0 Å². The summed E-state index contributed by atoms with van der Waals surface area (Å²) in [4.78, 5) is 5.61. The van der Waals surface area contributed by atoms with Crippen LogP contribution in [0.3, 0.4) is 0 Å². The number of imidazole rings is 1. The van der Waals surface area contributed by atoms with E-state index in [0.717, 1.165) is 17.8 Å². The molecule has 0 aliphatic rings. The van der Waals surface area contributed by atoms with Crippen LogP contribution in [0.25, 0.3) is 0 Å². The molecule has 0 aliphatic heterocycles. The van der Waals surface area contributed by atoms with Gasteiger partial charge in [-0.3, -0.25) is 0 Å². The highest BCUT2D eigenvalue weighted by Gasteiger charge is 2.03. The summed E-state index contributed by atoms with van der Waals surface area (Å²) < 4.78 is 31.2. The summed E-state index contributed by atoms with van der Waals surface area (Å²) in [5.74, 6) is -1.56. The Balaban J connectivity index is 2.04. The van der Waals surface area contributed by atoms with Crippen molar-refractivity contribution in [3.05, 3.63) is 46.5 Å². The molecule has 2 aromatic rings. The molecular formula is C10H8F2N2OS. The van der Waals surface area contributed by atoms with E-state index in [9.17, 15) is 8.78 Å². The first-order valence-electron chi connectivity index (χ1n) is 4.49. The number of ether oxygens (including phenoxy) is 1. The lowest BCUT2D eigenvalue weighted by Crippen LogP contribution is -1.96. The van der Waals surface area contributed by atoms with Gasteiger partial charge in [0.1, 0.15) is 12.4 Å². The zero-order chi connectivity index (χ0) is 11.5. The largest absolute Gasteiger partial charge is 0.487 e. The Morgan fingerprint density at radius 3 is 2.69 bits per heavy atom. The highest BCUT2D eigenvalue weighted by molar-refractivity contribution is 7.71. The number of benzene rings is 1. The van der Waals surface area contributed by atoms with Gasteiger partial charge in [-0.15, -0.1) is 0 Å². The molecule has 16 heavy (non-hydrogen) atoms. The van der Waals surface area contributed by atoms with Crippen molar-refractivity contribution < 1.29 is 13.5 Å². The van der Waals surface area contributed by atoms with E-state index < -0.39 is 11.6 Å². The van der Waals surface area contributed by atoms with Gasteiger partial charge in [-0.1, -0.05) is 0 Å². The van der Waals surface area contributed by atoms with Gasteiger partial charge in [-0.05, 0) is 24.4 Å². The molecule has 2 rings (SSSR count). The minimum Gasteiger partial charge on any atom is -0.487 e. The molecule has 2 N–H and O–H groups in total. The maximum Gasteiger partial charge on any atom is 0.174 e. The Bertz CT molecular complexity index is 550. The number of halogens is 2. The van der Waals surface area contributed by atoms with E-state index in [0.29, 0.717) is 4.77 Å². The number of aromatic amines is 2. The number of H-pyrrole nitrogens is 2. The maximum atomic E-state index is 12.8. The van der Waals surface area contributed by atoms with Crippen molar-refractivity contribution in [2.24, 2.45) is 0 Å². The molecule has 0 spiro atoms. The molecule has 6 heteroatoms. The van der Waals surface area contributed by atoms with Crippen molar-refractivity contribution >= 4 is 12.2 Å². The third-order valence-electron chi connectivity index (χ3n) is 1.94. The van der Waals surface area contributed by atoms with Crippen molar-refractivity contribution in [2.75, 3.05) is 0 Å². The standard InChI is InChI=1S/C10H8F2N2OS/c11-8-2-1-7(3-9(8)12)15-5-6-4-13-10(16)14-6/h1-4H,5H2,(H2,13,14,16). The number of hydrogen-bond donors (Lipinski definition) is 2. The monoisotopic (exact) mass is 242 g/mol. The Labute approximate surface area is 95.1 Å². The SMILES string of the molecule is Fc1ccc(OCc2c[nH]c(=S)[nH]2)cc1F. The minimum atomic E-state index is -0.931. The summed E-state index contributed by atoms with van der Waals surface area (Å²) in [5, 5.41) is 0. The fraction of sp³-hybridized carbons (Fsp3) is 0.100. The van der Waals surface area contributed by atoms with Crippen LogP contribution in [-0.4, -0.2) is 9.97 Å². The van der Waals surface area contributed by atoms with E-state index in [1.54, 1.807) is 6.20 Å². The summed E-state index contributed by atoms with van der Waals surface area (Å²) in [7, 11) is 0. The van der Waals surface area contributed by atoms with Crippen LogP contribution in [-0.2, 0) is 6.61 Å². The molecular weight excluding hydrogens is 234 g/mol. The second kappa shape index (κ2) is 4.44. The Hall–Kier alpha value is -1.69. The fourth-order valence-electron chi connectivity index (χ4n) is 1.18. The molecule has 0 aliphatic carbocycles. The van der Waals surface area contributed by atoms with Crippen LogP contribution < -0.4 is 4.74 Å². The van der Waals surface area contributed by atoms with E-state index in [1.165, 1.54) is 6.07 Å². The zero-order valence-electron chi connectivity index (χ0n) is 8.09. The summed E-state index contributed by atoms with van der Waals surface area (Å²) in [6, 6.07) is 3.38. The van der Waals surface area contributed by atoms with Gasteiger partial charge in [0.05, 0.1) is 5.69 Å². The van der Waals surface area contributed by atoms with Crippen LogP contribution in [0.2, 0.25) is 0 Å². The van der Waals surface area contributed by atoms with Crippen molar-refractivity contribution in [2.45, 2.75) is 6.61 Å². The number of nitrogens with one attached hydrogen (secondary N) is 2. The first kappa shape index (κ1) is 10.8. The molecule has 1 aromatic carbocycles. The number of hydrogen-bond acceptors (Lipinski definition) is 2. The molecule has 0 unspecified atom stereocenters. The van der Waals surface area contributed by atoms with E-state index in [4.69, 9.17) is 17.0 Å². The van der Waals surface area contributed by atoms with E-state index in [2.05, 4.69) is 9.97 Å². The Kier molecular flexibility index (Phi) is 3.00. The third kappa shape index (κ3) is 2.46. The van der Waals surface area contributed by atoms with Crippen LogP contribution in [0, 0.1) is 16.4 Å². The zero-order valence-corrected chi connectivity index (χ0v) is 8.91. The van der Waals surface area contributed by atoms with Crippen molar-refractivity contribution in [1.29, 1.82) is 0 Å². The molecule has 0 atom stereocenters. The Morgan fingerprint density at radius 2 is 2.06 bits per heavy atom. The first-order chi connectivity index (χ1) is 7.65. The normalized spacial score (nSPS) is 10.4. The lowest BCUT2D eigenvalue weighted by atomic mass is 10.3. The molecule has 0 saturated heterocycles. The highest BCUT2D eigenvalue weighted by Crippen LogP contribution is 2.16. The van der Waals surface area contributed by atoms with Crippen molar-refractivity contribution in [3.63, 3.8) is 0 Å². The molecule has 0 saturated carbocycles. The molecule has 1 heterocycles. The van der Waals surface area contributed by atoms with Crippen LogP contribution >= 0.6 is 12.2 Å². The number of rotatable bonds is 3. The van der Waals surface area contributed by atoms with Crippen molar-refractivity contribution in [3.8, 4) is 5.75 Å². The molecule has 0 bridgehead atoms. The average molecular weight is 242 g/mol. The molecule has 0 fully saturated rings. The molecule has 3 nitrogen and oxygen atoms in total. The minimum absolute atomic E-state index is 0.207. The van der Waals surface area contributed by atoms with Crippen LogP contribution in [0.1, 0.15) is 5.69 Å². The van der Waals surface area contributed by atoms with Gasteiger partial charge in [0.25, 0.3) is 0 Å². The summed E-state index contributed by atoms with van der Waals surface area (Å²) >= 11 is 4.83. The third-order valence-corrected chi connectivity index (χ3v) is 2.16. The van der Waals surface area contributed by atoms with Crippen molar-refractivity contribution in [1.82, 2.24) is 9.97 Å². The van der Waals surface area contributed by atoms with E-state index in [1.807, 2.05) is 0 Å². The second-order valence-electron chi connectivity index (χ2n) is 3.13. The Morgan fingerprint density at radius 1 is 1.25 bits per heavy atom. The van der Waals surface area contributed by atoms with Gasteiger partial charge in [0, 0.05) is 12.3 Å². The summed E-state index contributed by atoms with van der Waals surface area (Å²) in [6.45, 7) is 0.207. The first-order valence-corrected chi connectivity index (χ1v) is 4.90. The van der Waals surface area contributed by atoms with Crippen LogP contribution in [0.15, 0.2) is 24.4 Å². The molecule has 0 radical (unpaired) electrons.